The van der Waals surface area contributed by atoms with Crippen LogP contribution in [0.15, 0.2) is 0 Å². The zero-order valence-corrected chi connectivity index (χ0v) is 33.6. The lowest BCUT2D eigenvalue weighted by Gasteiger charge is -2.64. The molecule has 0 radical (unpaired) electrons. The van der Waals surface area contributed by atoms with Gasteiger partial charge >= 0.3 is 5.97 Å². The van der Waals surface area contributed by atoms with Crippen molar-refractivity contribution >= 4 is 5.97 Å². The fraction of sp³-hybridized carbons (Fsp3) is 0.977. The van der Waals surface area contributed by atoms with E-state index < -0.39 is 29.9 Å². The molecule has 0 unspecified atom stereocenters. The van der Waals surface area contributed by atoms with E-state index >= 15 is 0 Å². The molecule has 9 rings (SSSR count). The zero-order chi connectivity index (χ0) is 36.8. The number of rotatable bonds is 7. The summed E-state index contributed by atoms with van der Waals surface area (Å²) in [5.41, 5.74) is -0.907. The van der Waals surface area contributed by atoms with E-state index in [9.17, 15) is 15.0 Å². The Morgan fingerprint density at radius 3 is 2.31 bits per heavy atom. The molecule has 3 aliphatic heterocycles. The Morgan fingerprint density at radius 2 is 1.63 bits per heavy atom. The van der Waals surface area contributed by atoms with Gasteiger partial charge in [0.15, 0.2) is 12.4 Å². The zero-order valence-electron chi connectivity index (χ0n) is 33.6. The van der Waals surface area contributed by atoms with Crippen LogP contribution in [-0.4, -0.2) is 113 Å². The molecule has 2 spiro atoms. The van der Waals surface area contributed by atoms with Gasteiger partial charge in [-0.2, -0.15) is 0 Å². The van der Waals surface area contributed by atoms with Gasteiger partial charge in [-0.05, 0) is 123 Å². The number of carbonyl (C=O) groups is 1. The van der Waals surface area contributed by atoms with Crippen LogP contribution in [0.4, 0.5) is 0 Å². The van der Waals surface area contributed by atoms with Crippen LogP contribution in [0.2, 0.25) is 0 Å². The molecule has 3 heterocycles. The summed E-state index contributed by atoms with van der Waals surface area (Å²) in [4.78, 5) is 17.5. The first kappa shape index (κ1) is 36.8. The van der Waals surface area contributed by atoms with Gasteiger partial charge in [-0.3, -0.25) is 14.6 Å². The first-order valence-corrected chi connectivity index (χ1v) is 21.4. The summed E-state index contributed by atoms with van der Waals surface area (Å²) < 4.78 is 26.0. The molecule has 6 aliphatic carbocycles. The van der Waals surface area contributed by atoms with E-state index in [2.05, 4.69) is 44.4 Å². The van der Waals surface area contributed by atoms with Crippen molar-refractivity contribution < 1.29 is 34.0 Å². The maximum absolute atomic E-state index is 12.6. The lowest BCUT2D eigenvalue weighted by molar-refractivity contribution is -0.254. The standard InChI is InChI=1S/C43H70N2O7/c1-25-20-29(37(39(5,6)48)50-26(2)46)51-35-34(25)40(7)16-17-43-24-42(43)15-14-32(38(3,4)30(42)12-13-31(43)41(40,8)36(35)47)52-33-23-44(18-19-49-33)28-21-45(22-28)27-10-9-11-27/h25,27-37,47-48H,9-24H2,1-8H3/t25-,29-,30+,31+,32+,33+,34+,35+,36+,37+,40-,41-,42-,43+/m1/s1. The van der Waals surface area contributed by atoms with Crippen molar-refractivity contribution in [1.82, 2.24) is 9.80 Å². The number of ether oxygens (including phenoxy) is 4. The van der Waals surface area contributed by atoms with E-state index in [1.807, 2.05) is 0 Å². The molecule has 9 nitrogen and oxygen atoms in total. The van der Waals surface area contributed by atoms with Crippen LogP contribution in [-0.2, 0) is 23.7 Å². The number of aliphatic hydroxyl groups is 2. The molecule has 9 heteroatoms. The Hall–Kier alpha value is -0.810. The highest BCUT2D eigenvalue weighted by Gasteiger charge is 2.84. The minimum absolute atomic E-state index is 0.0466. The predicted octanol–water partition coefficient (Wildman–Crippen LogP) is 5.78. The summed E-state index contributed by atoms with van der Waals surface area (Å²) >= 11 is 0. The van der Waals surface area contributed by atoms with Gasteiger partial charge in [0.25, 0.3) is 0 Å². The first-order chi connectivity index (χ1) is 24.5. The molecule has 14 atom stereocenters. The van der Waals surface area contributed by atoms with Crippen LogP contribution in [0.25, 0.3) is 0 Å². The highest BCUT2D eigenvalue weighted by Crippen LogP contribution is 2.89. The number of nitrogens with zero attached hydrogens (tertiary/aromatic N) is 2. The number of hydrogen-bond donors (Lipinski definition) is 2. The first-order valence-electron chi connectivity index (χ1n) is 21.4. The minimum atomic E-state index is -1.25. The molecule has 6 saturated carbocycles. The summed E-state index contributed by atoms with van der Waals surface area (Å²) in [5.74, 6) is 1.16. The molecule has 52 heavy (non-hydrogen) atoms. The second-order valence-corrected chi connectivity index (χ2v) is 21.4. The van der Waals surface area contributed by atoms with Crippen LogP contribution in [0, 0.1) is 50.7 Å². The van der Waals surface area contributed by atoms with Gasteiger partial charge in [-0.15, -0.1) is 0 Å². The normalized spacial score (nSPS) is 51.1. The topological polar surface area (TPSA) is 101 Å². The number of esters is 1. The molecule has 0 aromatic rings. The lowest BCUT2D eigenvalue weighted by Crippen LogP contribution is -2.66. The van der Waals surface area contributed by atoms with Gasteiger partial charge in [-0.1, -0.05) is 41.0 Å². The highest BCUT2D eigenvalue weighted by molar-refractivity contribution is 5.66. The van der Waals surface area contributed by atoms with E-state index in [4.69, 9.17) is 18.9 Å². The van der Waals surface area contributed by atoms with E-state index in [0.717, 1.165) is 45.0 Å². The quantitative estimate of drug-likeness (QED) is 0.317. The number of hydrogen-bond acceptors (Lipinski definition) is 9. The van der Waals surface area contributed by atoms with Crippen molar-refractivity contribution in [3.63, 3.8) is 0 Å². The van der Waals surface area contributed by atoms with Crippen LogP contribution < -0.4 is 0 Å². The maximum atomic E-state index is 12.6. The smallest absolute Gasteiger partial charge is 0.303 e. The molecule has 3 saturated heterocycles. The molecule has 0 aromatic carbocycles. The van der Waals surface area contributed by atoms with Crippen molar-refractivity contribution in [2.24, 2.45) is 50.7 Å². The molecule has 0 bridgehead atoms. The molecule has 0 aromatic heterocycles. The van der Waals surface area contributed by atoms with Crippen LogP contribution in [0.5, 0.6) is 0 Å². The third kappa shape index (κ3) is 5.00. The number of fused-ring (bicyclic) bond motifs is 4. The van der Waals surface area contributed by atoms with Crippen LogP contribution >= 0.6 is 0 Å². The predicted molar refractivity (Wildman–Crippen MR) is 197 cm³/mol. The maximum Gasteiger partial charge on any atom is 0.303 e. The lowest BCUT2D eigenvalue weighted by atomic mass is 9.41. The van der Waals surface area contributed by atoms with E-state index in [0.29, 0.717) is 29.7 Å². The number of likely N-dealkylation sites (tertiary alicyclic amines) is 1. The summed E-state index contributed by atoms with van der Waals surface area (Å²) in [5, 5.41) is 23.7. The van der Waals surface area contributed by atoms with Gasteiger partial charge in [0.1, 0.15) is 0 Å². The van der Waals surface area contributed by atoms with Crippen molar-refractivity contribution in [3.05, 3.63) is 0 Å². The Bertz CT molecular complexity index is 1410. The SMILES string of the molecule is CC(=O)O[C@@H]([C@H]1C[C@@H](C)[C@H]2[C@H](O1)[C@H](O)[C@@]1(C)[C@@H]3CC[C@H]4C(C)(C)[C@@H](O[C@H]5CN(C6CN(C7CCC7)C6)CCO5)CC[C@@]45C[C@@]35CC[C@]21C)C(C)(C)O. The Morgan fingerprint density at radius 1 is 0.923 bits per heavy atom. The van der Waals surface area contributed by atoms with Crippen molar-refractivity contribution in [1.29, 1.82) is 0 Å². The second kappa shape index (κ2) is 12.1. The summed E-state index contributed by atoms with van der Waals surface area (Å²) in [6.45, 7) is 22.1. The highest BCUT2D eigenvalue weighted by atomic mass is 16.7. The summed E-state index contributed by atoms with van der Waals surface area (Å²) in [6.07, 6.45) is 11.1. The Kier molecular flexibility index (Phi) is 8.56. The third-order valence-electron chi connectivity index (χ3n) is 18.5. The average molecular weight is 727 g/mol. The van der Waals surface area contributed by atoms with Gasteiger partial charge in [0.2, 0.25) is 0 Å². The van der Waals surface area contributed by atoms with Gasteiger partial charge in [0, 0.05) is 50.6 Å². The number of carbonyl (C=O) groups excluding carboxylic acids is 1. The van der Waals surface area contributed by atoms with Crippen molar-refractivity contribution in [2.45, 2.75) is 181 Å². The largest absolute Gasteiger partial charge is 0.457 e. The van der Waals surface area contributed by atoms with E-state index in [1.165, 1.54) is 65.0 Å². The molecule has 0 amide bonds. The van der Waals surface area contributed by atoms with Crippen LogP contribution in [0.1, 0.15) is 126 Å². The van der Waals surface area contributed by atoms with Gasteiger partial charge in [0.05, 0.1) is 36.6 Å². The summed E-state index contributed by atoms with van der Waals surface area (Å²) in [7, 11) is 0. The van der Waals surface area contributed by atoms with E-state index in [-0.39, 0.29) is 52.0 Å². The molecule has 9 aliphatic rings. The Labute approximate surface area is 313 Å². The van der Waals surface area contributed by atoms with E-state index in [1.54, 1.807) is 13.8 Å². The molecule has 9 fully saturated rings. The third-order valence-corrected chi connectivity index (χ3v) is 18.5. The fourth-order valence-corrected chi connectivity index (χ4v) is 15.6. The number of morpholine rings is 1. The molecule has 294 valence electrons. The summed E-state index contributed by atoms with van der Waals surface area (Å²) in [6, 6.07) is 1.50. The van der Waals surface area contributed by atoms with Crippen LogP contribution in [0.3, 0.4) is 0 Å². The Balaban J connectivity index is 0.908. The molecular formula is C43H70N2O7. The van der Waals surface area contributed by atoms with Gasteiger partial charge in [-0.25, -0.2) is 0 Å². The van der Waals surface area contributed by atoms with Crippen molar-refractivity contribution in [3.8, 4) is 0 Å². The van der Waals surface area contributed by atoms with Crippen molar-refractivity contribution in [2.75, 3.05) is 32.8 Å². The van der Waals surface area contributed by atoms with Gasteiger partial charge < -0.3 is 29.2 Å². The molecular weight excluding hydrogens is 656 g/mol. The average Bonchev–Trinajstić information content (AvgIpc) is 3.66. The molecule has 2 N–H and O–H groups in total. The second-order valence-electron chi connectivity index (χ2n) is 21.4. The number of aliphatic hydroxyl groups excluding tert-OH is 1. The fourth-order valence-electron chi connectivity index (χ4n) is 15.6. The minimum Gasteiger partial charge on any atom is -0.457 e. The monoisotopic (exact) mass is 727 g/mol.